The number of benzene rings is 2. The van der Waals surface area contributed by atoms with E-state index in [1.54, 1.807) is 12.1 Å². The van der Waals surface area contributed by atoms with Crippen LogP contribution in [0.25, 0.3) is 11.3 Å². The molecule has 0 radical (unpaired) electrons. The molecule has 1 fully saturated rings. The van der Waals surface area contributed by atoms with E-state index >= 15 is 0 Å². The number of halogens is 1. The molecule has 0 bridgehead atoms. The van der Waals surface area contributed by atoms with Gasteiger partial charge in [0.05, 0.1) is 18.2 Å². The highest BCUT2D eigenvalue weighted by Crippen LogP contribution is 2.31. The van der Waals surface area contributed by atoms with Gasteiger partial charge in [0, 0.05) is 10.9 Å². The monoisotopic (exact) mass is 410 g/mol. The van der Waals surface area contributed by atoms with E-state index in [9.17, 15) is 14.0 Å². The molecule has 29 heavy (non-hydrogen) atoms. The third kappa shape index (κ3) is 4.86. The van der Waals surface area contributed by atoms with Gasteiger partial charge in [0.2, 0.25) is 0 Å². The molecule has 4 rings (SSSR count). The number of hydrogen-bond acceptors (Lipinski definition) is 5. The highest BCUT2D eigenvalue weighted by Gasteiger charge is 2.32. The molecular weight excluding hydrogens is 391 g/mol. The molecule has 1 aliphatic rings. The summed E-state index contributed by atoms with van der Waals surface area (Å²) in [5.41, 5.74) is 2.46. The van der Waals surface area contributed by atoms with Crippen molar-refractivity contribution in [1.29, 1.82) is 0 Å². The van der Waals surface area contributed by atoms with Crippen molar-refractivity contribution in [1.82, 2.24) is 4.98 Å². The lowest BCUT2D eigenvalue weighted by molar-refractivity contribution is -0.149. The topological polar surface area (TPSA) is 59.5 Å². The molecule has 2 aromatic carbocycles. The molecule has 0 saturated heterocycles. The number of amides is 1. The molecule has 0 N–H and O–H groups in total. The molecule has 0 atom stereocenters. The molecule has 1 amide bonds. The van der Waals surface area contributed by atoms with Crippen molar-refractivity contribution in [3.63, 3.8) is 0 Å². The number of rotatable bonds is 7. The van der Waals surface area contributed by atoms with Crippen LogP contribution in [0.5, 0.6) is 0 Å². The zero-order chi connectivity index (χ0) is 20.2. The number of aromatic nitrogens is 1. The third-order valence-electron chi connectivity index (χ3n) is 4.60. The molecule has 1 aliphatic carbocycles. The minimum atomic E-state index is -0.364. The van der Waals surface area contributed by atoms with Gasteiger partial charge in [-0.05, 0) is 30.5 Å². The first kappa shape index (κ1) is 19.3. The first-order chi connectivity index (χ1) is 14.1. The Hall–Kier alpha value is -3.06. The number of hydrogen-bond donors (Lipinski definition) is 0. The van der Waals surface area contributed by atoms with Gasteiger partial charge < -0.3 is 4.74 Å². The second-order valence-corrected chi connectivity index (χ2v) is 7.71. The maximum Gasteiger partial charge on any atom is 0.309 e. The molecule has 1 heterocycles. The third-order valence-corrected chi connectivity index (χ3v) is 5.46. The molecule has 148 valence electrons. The normalized spacial score (nSPS) is 13.1. The summed E-state index contributed by atoms with van der Waals surface area (Å²) in [5, 5.41) is 2.38. The van der Waals surface area contributed by atoms with Crippen molar-refractivity contribution in [3.05, 3.63) is 71.4 Å². The average molecular weight is 410 g/mol. The van der Waals surface area contributed by atoms with Crippen molar-refractivity contribution in [3.8, 4) is 11.3 Å². The molecule has 0 spiro atoms. The van der Waals surface area contributed by atoms with Crippen molar-refractivity contribution < 1.29 is 18.7 Å². The summed E-state index contributed by atoms with van der Waals surface area (Å²) in [6.45, 7) is -0.126. The van der Waals surface area contributed by atoms with E-state index in [1.807, 2.05) is 35.7 Å². The van der Waals surface area contributed by atoms with E-state index in [2.05, 4.69) is 4.98 Å². The van der Waals surface area contributed by atoms with Gasteiger partial charge in [-0.15, -0.1) is 11.3 Å². The van der Waals surface area contributed by atoms with Gasteiger partial charge in [-0.2, -0.15) is 0 Å². The van der Waals surface area contributed by atoms with E-state index < -0.39 is 0 Å². The van der Waals surface area contributed by atoms with Crippen LogP contribution in [-0.4, -0.2) is 23.5 Å². The second-order valence-electron chi connectivity index (χ2n) is 6.87. The van der Waals surface area contributed by atoms with Crippen LogP contribution in [0.15, 0.2) is 60.0 Å². The van der Waals surface area contributed by atoms with Crippen LogP contribution in [0.4, 0.5) is 9.52 Å². The van der Waals surface area contributed by atoms with Gasteiger partial charge >= 0.3 is 5.97 Å². The van der Waals surface area contributed by atoms with Crippen molar-refractivity contribution >= 4 is 28.3 Å². The first-order valence-electron chi connectivity index (χ1n) is 9.32. The SMILES string of the molecule is O=C(OCC(=O)N(Cc1ccc(F)cc1)c1nc(-c2ccccc2)cs1)C1CC1. The summed E-state index contributed by atoms with van der Waals surface area (Å²) >= 11 is 1.34. The Balaban J connectivity index is 1.55. The van der Waals surface area contributed by atoms with E-state index in [0.717, 1.165) is 29.7 Å². The molecular formula is C22H19FN2O3S. The fourth-order valence-electron chi connectivity index (χ4n) is 2.81. The smallest absolute Gasteiger partial charge is 0.309 e. The Labute approximate surface area is 171 Å². The summed E-state index contributed by atoms with van der Waals surface area (Å²) in [6.07, 6.45) is 1.64. The number of thiazole rings is 1. The van der Waals surface area contributed by atoms with E-state index in [4.69, 9.17) is 4.74 Å². The van der Waals surface area contributed by atoms with Crippen LogP contribution in [-0.2, 0) is 20.9 Å². The molecule has 7 heteroatoms. The zero-order valence-electron chi connectivity index (χ0n) is 15.6. The number of ether oxygens (including phenoxy) is 1. The average Bonchev–Trinajstić information content (AvgIpc) is 3.49. The molecule has 1 saturated carbocycles. The number of esters is 1. The highest BCUT2D eigenvalue weighted by molar-refractivity contribution is 7.14. The minimum absolute atomic E-state index is 0.0714. The van der Waals surface area contributed by atoms with Crippen LogP contribution in [0.3, 0.4) is 0 Å². The predicted molar refractivity (Wildman–Crippen MR) is 109 cm³/mol. The minimum Gasteiger partial charge on any atom is -0.455 e. The lowest BCUT2D eigenvalue weighted by Gasteiger charge is -2.20. The quantitative estimate of drug-likeness (QED) is 0.541. The highest BCUT2D eigenvalue weighted by atomic mass is 32.1. The summed E-state index contributed by atoms with van der Waals surface area (Å²) < 4.78 is 18.4. The van der Waals surface area contributed by atoms with Gasteiger partial charge in [0.1, 0.15) is 5.82 Å². The number of anilines is 1. The van der Waals surface area contributed by atoms with Crippen molar-refractivity contribution in [2.45, 2.75) is 19.4 Å². The summed E-state index contributed by atoms with van der Waals surface area (Å²) in [5.74, 6) is -1.11. The fourth-order valence-corrected chi connectivity index (χ4v) is 3.66. The maximum absolute atomic E-state index is 13.2. The van der Waals surface area contributed by atoms with Gasteiger partial charge in [-0.3, -0.25) is 14.5 Å². The van der Waals surface area contributed by atoms with Crippen molar-refractivity contribution in [2.75, 3.05) is 11.5 Å². The van der Waals surface area contributed by atoms with E-state index in [-0.39, 0.29) is 36.8 Å². The van der Waals surface area contributed by atoms with Crippen LogP contribution in [0.2, 0.25) is 0 Å². The second kappa shape index (κ2) is 8.53. The summed E-state index contributed by atoms with van der Waals surface area (Å²) in [6, 6.07) is 15.6. The summed E-state index contributed by atoms with van der Waals surface area (Å²) in [4.78, 5) is 30.7. The fraction of sp³-hybridized carbons (Fsp3) is 0.227. The Bertz CT molecular complexity index is 1000. The van der Waals surface area contributed by atoms with Gasteiger partial charge in [0.25, 0.3) is 5.91 Å². The van der Waals surface area contributed by atoms with Crippen LogP contribution in [0, 0.1) is 11.7 Å². The van der Waals surface area contributed by atoms with Crippen LogP contribution in [0.1, 0.15) is 18.4 Å². The standard InChI is InChI=1S/C22H19FN2O3S/c23-18-10-6-15(7-11-18)12-25(20(26)13-28-21(27)17-8-9-17)22-24-19(14-29-22)16-4-2-1-3-5-16/h1-7,10-11,14,17H,8-9,12-13H2. The lowest BCUT2D eigenvalue weighted by atomic mass is 10.2. The number of nitrogens with zero attached hydrogens (tertiary/aromatic N) is 2. The Kier molecular flexibility index (Phi) is 5.67. The largest absolute Gasteiger partial charge is 0.455 e. The first-order valence-corrected chi connectivity index (χ1v) is 10.2. The maximum atomic E-state index is 13.2. The van der Waals surface area contributed by atoms with Gasteiger partial charge in [-0.1, -0.05) is 42.5 Å². The van der Waals surface area contributed by atoms with Crippen LogP contribution < -0.4 is 4.90 Å². The summed E-state index contributed by atoms with van der Waals surface area (Å²) in [7, 11) is 0. The zero-order valence-corrected chi connectivity index (χ0v) is 16.4. The van der Waals surface area contributed by atoms with Crippen molar-refractivity contribution in [2.24, 2.45) is 5.92 Å². The molecule has 0 unspecified atom stereocenters. The van der Waals surface area contributed by atoms with Crippen LogP contribution >= 0.6 is 11.3 Å². The number of carbonyl (C=O) groups is 2. The number of carbonyl (C=O) groups excluding carboxylic acids is 2. The predicted octanol–water partition coefficient (Wildman–Crippen LogP) is 4.44. The van der Waals surface area contributed by atoms with Gasteiger partial charge in [-0.25, -0.2) is 9.37 Å². The lowest BCUT2D eigenvalue weighted by Crippen LogP contribution is -2.34. The molecule has 1 aromatic heterocycles. The molecule has 3 aromatic rings. The Morgan fingerprint density at radius 1 is 1.10 bits per heavy atom. The van der Waals surface area contributed by atoms with E-state index in [1.165, 1.54) is 28.4 Å². The molecule has 5 nitrogen and oxygen atoms in total. The molecule has 0 aliphatic heterocycles. The Morgan fingerprint density at radius 3 is 2.52 bits per heavy atom. The van der Waals surface area contributed by atoms with E-state index in [0.29, 0.717) is 5.13 Å². The Morgan fingerprint density at radius 2 is 1.83 bits per heavy atom. The van der Waals surface area contributed by atoms with Gasteiger partial charge in [0.15, 0.2) is 11.7 Å².